The molecule has 0 aliphatic carbocycles. The summed E-state index contributed by atoms with van der Waals surface area (Å²) in [5.41, 5.74) is 4.05. The fourth-order valence-electron chi connectivity index (χ4n) is 1.94. The number of carboxylic acids is 1. The summed E-state index contributed by atoms with van der Waals surface area (Å²) in [7, 11) is 0. The van der Waals surface area contributed by atoms with Crippen LogP contribution in [0.1, 0.15) is 33.1 Å². The summed E-state index contributed by atoms with van der Waals surface area (Å²) >= 11 is 0. The number of imide groups is 1. The van der Waals surface area contributed by atoms with Crippen LogP contribution in [0.15, 0.2) is 0 Å². The van der Waals surface area contributed by atoms with E-state index < -0.39 is 35.1 Å². The molecular weight excluding hydrogens is 240 g/mol. The molecule has 7 heteroatoms. The highest BCUT2D eigenvalue weighted by Crippen LogP contribution is 2.33. The monoisotopic (exact) mass is 256 g/mol. The molecule has 18 heavy (non-hydrogen) atoms. The van der Waals surface area contributed by atoms with Crippen LogP contribution in [-0.2, 0) is 19.2 Å². The first-order valence-corrected chi connectivity index (χ1v) is 5.54. The quantitative estimate of drug-likeness (QED) is 0.642. The van der Waals surface area contributed by atoms with E-state index in [9.17, 15) is 19.2 Å². The topological polar surface area (TPSA) is 118 Å². The Morgan fingerprint density at radius 2 is 2.00 bits per heavy atom. The van der Waals surface area contributed by atoms with Gasteiger partial charge in [0.1, 0.15) is 6.04 Å². The number of hydrogen-bond donors (Lipinski definition) is 2. The molecule has 1 atom stereocenters. The number of carboxylic acid groups (broad SMARTS) is 1. The Labute approximate surface area is 104 Å². The highest BCUT2D eigenvalue weighted by Gasteiger charge is 2.49. The van der Waals surface area contributed by atoms with Crippen LogP contribution >= 0.6 is 0 Å². The number of carbonyl (C=O) groups excluding carboxylic acids is 3. The lowest BCUT2D eigenvalue weighted by atomic mass is 9.92. The molecule has 1 aliphatic rings. The van der Waals surface area contributed by atoms with E-state index in [1.807, 2.05) is 0 Å². The Kier molecular flexibility index (Phi) is 3.73. The van der Waals surface area contributed by atoms with Gasteiger partial charge in [0.2, 0.25) is 17.7 Å². The van der Waals surface area contributed by atoms with Gasteiger partial charge in [-0.1, -0.05) is 13.8 Å². The van der Waals surface area contributed by atoms with Gasteiger partial charge >= 0.3 is 5.97 Å². The first-order chi connectivity index (χ1) is 8.16. The van der Waals surface area contributed by atoms with Crippen LogP contribution in [0.4, 0.5) is 0 Å². The van der Waals surface area contributed by atoms with Gasteiger partial charge in [0, 0.05) is 12.8 Å². The van der Waals surface area contributed by atoms with Crippen LogP contribution in [0.2, 0.25) is 0 Å². The van der Waals surface area contributed by atoms with Crippen LogP contribution in [0.25, 0.3) is 0 Å². The predicted octanol–water partition coefficient (Wildman–Crippen LogP) is -0.510. The number of primary amides is 1. The van der Waals surface area contributed by atoms with Crippen molar-refractivity contribution in [2.75, 3.05) is 0 Å². The third-order valence-electron chi connectivity index (χ3n) is 2.92. The average Bonchev–Trinajstić information content (AvgIpc) is 2.39. The molecule has 1 fully saturated rings. The molecule has 1 saturated heterocycles. The van der Waals surface area contributed by atoms with E-state index in [4.69, 9.17) is 10.8 Å². The van der Waals surface area contributed by atoms with Gasteiger partial charge in [-0.05, 0) is 6.42 Å². The van der Waals surface area contributed by atoms with Gasteiger partial charge in [-0.25, -0.2) is 4.79 Å². The first-order valence-electron chi connectivity index (χ1n) is 5.54. The SMILES string of the molecule is CC1(C)CC(=O)N(C(CCC(N)=O)C(=O)O)C1=O. The number of rotatable bonds is 5. The summed E-state index contributed by atoms with van der Waals surface area (Å²) in [6.07, 6.45) is -0.362. The number of carbonyl (C=O) groups is 4. The summed E-state index contributed by atoms with van der Waals surface area (Å²) in [6.45, 7) is 3.17. The molecule has 1 unspecified atom stereocenters. The van der Waals surface area contributed by atoms with Crippen molar-refractivity contribution in [3.05, 3.63) is 0 Å². The normalized spacial score (nSPS) is 20.0. The summed E-state index contributed by atoms with van der Waals surface area (Å²) < 4.78 is 0. The zero-order chi connectivity index (χ0) is 14.1. The maximum Gasteiger partial charge on any atom is 0.326 e. The molecule has 1 heterocycles. The standard InChI is InChI=1S/C11H16N2O5/c1-11(2)5-8(15)13(10(11)18)6(9(16)17)3-4-7(12)14/h6H,3-5H2,1-2H3,(H2,12,14)(H,16,17). The first kappa shape index (κ1) is 14.1. The second-order valence-corrected chi connectivity index (χ2v) is 4.99. The van der Waals surface area contributed by atoms with Crippen molar-refractivity contribution in [3.63, 3.8) is 0 Å². The molecule has 0 aromatic carbocycles. The minimum absolute atomic E-state index is 0.0216. The molecule has 0 aromatic heterocycles. The molecule has 0 spiro atoms. The van der Waals surface area contributed by atoms with Crippen molar-refractivity contribution in [2.24, 2.45) is 11.1 Å². The van der Waals surface area contributed by atoms with Crippen molar-refractivity contribution < 1.29 is 24.3 Å². The van der Waals surface area contributed by atoms with Gasteiger partial charge < -0.3 is 10.8 Å². The van der Waals surface area contributed by atoms with Gasteiger partial charge in [-0.15, -0.1) is 0 Å². The van der Waals surface area contributed by atoms with Gasteiger partial charge in [0.25, 0.3) is 0 Å². The van der Waals surface area contributed by atoms with Crippen molar-refractivity contribution in [2.45, 2.75) is 39.2 Å². The summed E-state index contributed by atoms with van der Waals surface area (Å²) in [6, 6.07) is -1.32. The van der Waals surface area contributed by atoms with E-state index in [1.165, 1.54) is 0 Å². The lowest BCUT2D eigenvalue weighted by Gasteiger charge is -2.24. The average molecular weight is 256 g/mol. The van der Waals surface area contributed by atoms with E-state index in [1.54, 1.807) is 13.8 Å². The molecule has 0 radical (unpaired) electrons. The third kappa shape index (κ3) is 2.66. The predicted molar refractivity (Wildman–Crippen MR) is 60.1 cm³/mol. The summed E-state index contributed by atoms with van der Waals surface area (Å²) in [4.78, 5) is 46.2. The molecule has 1 rings (SSSR count). The Morgan fingerprint density at radius 3 is 2.33 bits per heavy atom. The van der Waals surface area contributed by atoms with E-state index in [-0.39, 0.29) is 19.3 Å². The fourth-order valence-corrected chi connectivity index (χ4v) is 1.94. The number of nitrogens with two attached hydrogens (primary N) is 1. The number of hydrogen-bond acceptors (Lipinski definition) is 4. The van der Waals surface area contributed by atoms with Crippen LogP contribution < -0.4 is 5.73 Å². The van der Waals surface area contributed by atoms with Crippen LogP contribution in [0.5, 0.6) is 0 Å². The van der Waals surface area contributed by atoms with Gasteiger partial charge in [0.05, 0.1) is 5.41 Å². The molecule has 0 bridgehead atoms. The minimum atomic E-state index is -1.32. The van der Waals surface area contributed by atoms with Crippen molar-refractivity contribution >= 4 is 23.7 Å². The Balaban J connectivity index is 2.93. The second-order valence-electron chi connectivity index (χ2n) is 4.99. The third-order valence-corrected chi connectivity index (χ3v) is 2.92. The molecule has 0 aromatic rings. The molecule has 3 N–H and O–H groups in total. The number of aliphatic carboxylic acids is 1. The molecular formula is C11H16N2O5. The van der Waals surface area contributed by atoms with Crippen molar-refractivity contribution in [1.29, 1.82) is 0 Å². The smallest absolute Gasteiger partial charge is 0.326 e. The largest absolute Gasteiger partial charge is 0.480 e. The number of nitrogens with zero attached hydrogens (tertiary/aromatic N) is 1. The molecule has 7 nitrogen and oxygen atoms in total. The van der Waals surface area contributed by atoms with Crippen LogP contribution in [-0.4, -0.2) is 39.7 Å². The molecule has 3 amide bonds. The fraction of sp³-hybridized carbons (Fsp3) is 0.636. The van der Waals surface area contributed by atoms with E-state index in [0.717, 1.165) is 4.90 Å². The van der Waals surface area contributed by atoms with E-state index >= 15 is 0 Å². The Hall–Kier alpha value is -1.92. The number of likely N-dealkylation sites (tertiary alicyclic amines) is 1. The zero-order valence-electron chi connectivity index (χ0n) is 10.3. The zero-order valence-corrected chi connectivity index (χ0v) is 10.3. The maximum atomic E-state index is 12.0. The Morgan fingerprint density at radius 1 is 1.44 bits per heavy atom. The van der Waals surface area contributed by atoms with E-state index in [0.29, 0.717) is 0 Å². The van der Waals surface area contributed by atoms with Gasteiger partial charge in [-0.2, -0.15) is 0 Å². The van der Waals surface area contributed by atoms with Gasteiger partial charge in [-0.3, -0.25) is 19.3 Å². The van der Waals surface area contributed by atoms with Crippen molar-refractivity contribution in [1.82, 2.24) is 4.90 Å². The lowest BCUT2D eigenvalue weighted by Crippen LogP contribution is -2.46. The lowest BCUT2D eigenvalue weighted by molar-refractivity contribution is -0.156. The van der Waals surface area contributed by atoms with Crippen LogP contribution in [0.3, 0.4) is 0 Å². The Bertz CT molecular complexity index is 416. The summed E-state index contributed by atoms with van der Waals surface area (Å²) in [5, 5.41) is 9.05. The molecule has 0 saturated carbocycles. The minimum Gasteiger partial charge on any atom is -0.480 e. The van der Waals surface area contributed by atoms with Gasteiger partial charge in [0.15, 0.2) is 0 Å². The highest BCUT2D eigenvalue weighted by molar-refractivity contribution is 6.08. The van der Waals surface area contributed by atoms with Crippen molar-refractivity contribution in [3.8, 4) is 0 Å². The summed E-state index contributed by atoms with van der Waals surface area (Å²) in [5.74, 6) is -3.03. The number of amides is 3. The molecule has 1 aliphatic heterocycles. The highest BCUT2D eigenvalue weighted by atomic mass is 16.4. The van der Waals surface area contributed by atoms with Crippen LogP contribution in [0, 0.1) is 5.41 Å². The molecule has 100 valence electrons. The van der Waals surface area contributed by atoms with E-state index in [2.05, 4.69) is 0 Å². The maximum absolute atomic E-state index is 12.0. The second kappa shape index (κ2) is 4.75.